The summed E-state index contributed by atoms with van der Waals surface area (Å²) in [6.07, 6.45) is 0.282. The third-order valence-corrected chi connectivity index (χ3v) is 8.19. The van der Waals surface area contributed by atoms with Gasteiger partial charge in [-0.05, 0) is 88.2 Å². The van der Waals surface area contributed by atoms with Gasteiger partial charge in [0.1, 0.15) is 24.2 Å². The number of hydrogen-bond acceptors (Lipinski definition) is 5. The fourth-order valence-electron chi connectivity index (χ4n) is 4.27. The fraction of sp³-hybridized carbons (Fsp3) is 0.355. The quantitative estimate of drug-likeness (QED) is 0.341. The van der Waals surface area contributed by atoms with Crippen LogP contribution in [0.25, 0.3) is 0 Å². The standard InChI is InChI=1S/C31H38FN3O5S/c1-7-28(30(37)33-31(3,4)5)34(20-23-10-12-24(32)13-11-23)29(36)21-35(25-14-8-22(2)9-15-25)41(38,39)27-18-16-26(40-6)17-19-27/h8-19,28H,7,20-21H2,1-6H3,(H,33,37). The molecule has 1 unspecified atom stereocenters. The van der Waals surface area contributed by atoms with E-state index in [9.17, 15) is 22.4 Å². The molecule has 3 aromatic carbocycles. The van der Waals surface area contributed by atoms with Crippen LogP contribution in [0.15, 0.2) is 77.7 Å². The van der Waals surface area contributed by atoms with Crippen molar-refractivity contribution in [3.63, 3.8) is 0 Å². The maximum atomic E-state index is 14.1. The number of halogens is 1. The van der Waals surface area contributed by atoms with E-state index < -0.39 is 39.9 Å². The molecule has 0 saturated heterocycles. The predicted molar refractivity (Wildman–Crippen MR) is 158 cm³/mol. The van der Waals surface area contributed by atoms with Crippen molar-refractivity contribution in [3.8, 4) is 5.75 Å². The highest BCUT2D eigenvalue weighted by Crippen LogP contribution is 2.26. The minimum atomic E-state index is -4.20. The number of methoxy groups -OCH3 is 1. The number of sulfonamides is 1. The molecule has 220 valence electrons. The molecule has 0 bridgehead atoms. The molecular formula is C31H38FN3O5S. The van der Waals surface area contributed by atoms with Crippen LogP contribution in [0.4, 0.5) is 10.1 Å². The third-order valence-electron chi connectivity index (χ3n) is 6.40. The number of aryl methyl sites for hydroxylation is 1. The van der Waals surface area contributed by atoms with Crippen LogP contribution in [-0.2, 0) is 26.2 Å². The van der Waals surface area contributed by atoms with E-state index in [1.807, 2.05) is 27.7 Å². The smallest absolute Gasteiger partial charge is 0.264 e. The van der Waals surface area contributed by atoms with Crippen LogP contribution in [0, 0.1) is 12.7 Å². The van der Waals surface area contributed by atoms with Crippen LogP contribution in [0.1, 0.15) is 45.2 Å². The summed E-state index contributed by atoms with van der Waals surface area (Å²) in [5.74, 6) is -0.887. The Kier molecular flexibility index (Phi) is 10.1. The van der Waals surface area contributed by atoms with E-state index >= 15 is 0 Å². The zero-order valence-corrected chi connectivity index (χ0v) is 25.2. The van der Waals surface area contributed by atoms with Crippen LogP contribution in [0.3, 0.4) is 0 Å². The number of carbonyl (C=O) groups excluding carboxylic acids is 2. The van der Waals surface area contributed by atoms with E-state index in [1.165, 1.54) is 60.5 Å². The van der Waals surface area contributed by atoms with Gasteiger partial charge >= 0.3 is 0 Å². The second-order valence-corrected chi connectivity index (χ2v) is 12.7. The molecule has 1 N–H and O–H groups in total. The van der Waals surface area contributed by atoms with Crippen molar-refractivity contribution in [3.05, 3.63) is 89.7 Å². The van der Waals surface area contributed by atoms with Crippen molar-refractivity contribution in [2.24, 2.45) is 0 Å². The van der Waals surface area contributed by atoms with E-state index in [1.54, 1.807) is 31.2 Å². The molecule has 0 fully saturated rings. The second kappa shape index (κ2) is 13.2. The summed E-state index contributed by atoms with van der Waals surface area (Å²) in [4.78, 5) is 28.7. The molecule has 0 saturated carbocycles. The van der Waals surface area contributed by atoms with Crippen LogP contribution >= 0.6 is 0 Å². The minimum absolute atomic E-state index is 0.0144. The molecule has 0 heterocycles. The van der Waals surface area contributed by atoms with E-state index in [2.05, 4.69) is 5.32 Å². The Morgan fingerprint density at radius 2 is 1.54 bits per heavy atom. The van der Waals surface area contributed by atoms with Gasteiger partial charge in [-0.3, -0.25) is 13.9 Å². The van der Waals surface area contributed by atoms with Gasteiger partial charge in [0.15, 0.2) is 0 Å². The monoisotopic (exact) mass is 583 g/mol. The summed E-state index contributed by atoms with van der Waals surface area (Å²) >= 11 is 0. The molecule has 3 rings (SSSR count). The number of nitrogens with zero attached hydrogens (tertiary/aromatic N) is 2. The molecule has 10 heteroatoms. The Morgan fingerprint density at radius 3 is 2.05 bits per heavy atom. The largest absolute Gasteiger partial charge is 0.497 e. The predicted octanol–water partition coefficient (Wildman–Crippen LogP) is 5.06. The number of hydrogen-bond donors (Lipinski definition) is 1. The summed E-state index contributed by atoms with van der Waals surface area (Å²) in [6.45, 7) is 8.60. The van der Waals surface area contributed by atoms with Gasteiger partial charge in [-0.1, -0.05) is 36.8 Å². The lowest BCUT2D eigenvalue weighted by Crippen LogP contribution is -2.55. The van der Waals surface area contributed by atoms with Gasteiger partial charge in [-0.15, -0.1) is 0 Å². The maximum Gasteiger partial charge on any atom is 0.264 e. The number of carbonyl (C=O) groups is 2. The number of ether oxygens (including phenoxy) is 1. The first-order valence-electron chi connectivity index (χ1n) is 13.3. The fourth-order valence-corrected chi connectivity index (χ4v) is 5.69. The molecular weight excluding hydrogens is 545 g/mol. The van der Waals surface area contributed by atoms with Crippen LogP contribution in [-0.4, -0.2) is 50.4 Å². The molecule has 0 aliphatic carbocycles. The topological polar surface area (TPSA) is 96.0 Å². The molecule has 0 radical (unpaired) electrons. The number of anilines is 1. The van der Waals surface area contributed by atoms with Gasteiger partial charge in [0.05, 0.1) is 17.7 Å². The zero-order valence-electron chi connectivity index (χ0n) is 24.3. The maximum absolute atomic E-state index is 14.1. The molecule has 3 aromatic rings. The molecule has 2 amide bonds. The molecule has 0 aliphatic rings. The number of rotatable bonds is 11. The summed E-state index contributed by atoms with van der Waals surface area (Å²) in [5.41, 5.74) is 1.26. The van der Waals surface area contributed by atoms with Crippen molar-refractivity contribution in [1.29, 1.82) is 0 Å². The average Bonchev–Trinajstić information content (AvgIpc) is 2.92. The van der Waals surface area contributed by atoms with E-state index in [4.69, 9.17) is 4.74 Å². The highest BCUT2D eigenvalue weighted by Gasteiger charge is 2.34. The Labute approximate surface area is 242 Å². The number of amides is 2. The molecule has 8 nitrogen and oxygen atoms in total. The minimum Gasteiger partial charge on any atom is -0.497 e. The number of benzene rings is 3. The normalized spacial score (nSPS) is 12.4. The summed E-state index contributed by atoms with van der Waals surface area (Å²) in [7, 11) is -2.72. The Morgan fingerprint density at radius 1 is 0.951 bits per heavy atom. The summed E-state index contributed by atoms with van der Waals surface area (Å²) in [6, 6.07) is 17.4. The van der Waals surface area contributed by atoms with E-state index in [0.29, 0.717) is 17.0 Å². The Balaban J connectivity index is 2.06. The van der Waals surface area contributed by atoms with E-state index in [-0.39, 0.29) is 23.8 Å². The van der Waals surface area contributed by atoms with Gasteiger partial charge in [-0.25, -0.2) is 12.8 Å². The third kappa shape index (κ3) is 8.29. The van der Waals surface area contributed by atoms with Gasteiger partial charge in [0.2, 0.25) is 11.8 Å². The van der Waals surface area contributed by atoms with Gasteiger partial charge < -0.3 is 15.0 Å². The van der Waals surface area contributed by atoms with Gasteiger partial charge in [0.25, 0.3) is 10.0 Å². The van der Waals surface area contributed by atoms with Crippen molar-refractivity contribution < 1.29 is 27.1 Å². The summed E-state index contributed by atoms with van der Waals surface area (Å²) < 4.78 is 47.7. The van der Waals surface area contributed by atoms with Crippen molar-refractivity contribution in [2.45, 2.75) is 64.1 Å². The van der Waals surface area contributed by atoms with Crippen LogP contribution in [0.2, 0.25) is 0 Å². The zero-order chi connectivity index (χ0) is 30.4. The lowest BCUT2D eigenvalue weighted by molar-refractivity contribution is -0.141. The average molecular weight is 584 g/mol. The highest BCUT2D eigenvalue weighted by molar-refractivity contribution is 7.92. The van der Waals surface area contributed by atoms with Crippen LogP contribution in [0.5, 0.6) is 5.75 Å². The van der Waals surface area contributed by atoms with Gasteiger partial charge in [0, 0.05) is 12.1 Å². The number of nitrogens with one attached hydrogen (secondary N) is 1. The first-order chi connectivity index (χ1) is 19.2. The van der Waals surface area contributed by atoms with E-state index in [0.717, 1.165) is 9.87 Å². The molecule has 0 aromatic heterocycles. The van der Waals surface area contributed by atoms with Crippen LogP contribution < -0.4 is 14.4 Å². The van der Waals surface area contributed by atoms with Crippen molar-refractivity contribution in [2.75, 3.05) is 18.0 Å². The lowest BCUT2D eigenvalue weighted by Gasteiger charge is -2.34. The molecule has 0 spiro atoms. The molecule has 41 heavy (non-hydrogen) atoms. The van der Waals surface area contributed by atoms with Gasteiger partial charge in [-0.2, -0.15) is 0 Å². The highest BCUT2D eigenvalue weighted by atomic mass is 32.2. The molecule has 0 aliphatic heterocycles. The SMILES string of the molecule is CCC(C(=O)NC(C)(C)C)N(Cc1ccc(F)cc1)C(=O)CN(c1ccc(C)cc1)S(=O)(=O)c1ccc(OC)cc1. The lowest BCUT2D eigenvalue weighted by atomic mass is 10.1. The van der Waals surface area contributed by atoms with Crippen molar-refractivity contribution >= 4 is 27.5 Å². The first kappa shape index (κ1) is 31.6. The Hall–Kier alpha value is -3.92. The summed E-state index contributed by atoms with van der Waals surface area (Å²) in [5, 5.41) is 2.92. The Bertz CT molecular complexity index is 1440. The molecule has 1 atom stereocenters. The second-order valence-electron chi connectivity index (χ2n) is 10.8. The van der Waals surface area contributed by atoms with Crippen molar-refractivity contribution in [1.82, 2.24) is 10.2 Å². The first-order valence-corrected chi connectivity index (χ1v) is 14.8.